The lowest BCUT2D eigenvalue weighted by Gasteiger charge is -2.02. The van der Waals surface area contributed by atoms with Gasteiger partial charge in [-0.05, 0) is 12.1 Å². The number of hydrogen-bond acceptors (Lipinski definition) is 2. The van der Waals surface area contributed by atoms with Gasteiger partial charge in [0, 0.05) is 5.56 Å². The largest absolute Gasteiger partial charge is 0.477 e. The smallest absolute Gasteiger partial charge is 0.341 e. The van der Waals surface area contributed by atoms with Crippen LogP contribution in [-0.2, 0) is 0 Å². The Bertz CT molecular complexity index is 395. The molecule has 0 aromatic heterocycles. The molecule has 0 aliphatic rings. The lowest BCUT2D eigenvalue weighted by molar-refractivity contribution is 0.0686. The van der Waals surface area contributed by atoms with Gasteiger partial charge in [0.15, 0.2) is 0 Å². The third-order valence-electron chi connectivity index (χ3n) is 1.57. The molecule has 74 valence electrons. The molecule has 0 radical (unpaired) electrons. The second-order valence-corrected chi connectivity index (χ2v) is 2.53. The predicted octanol–water partition coefficient (Wildman–Crippen LogP) is 0.947. The summed E-state index contributed by atoms with van der Waals surface area (Å²) in [7, 11) is 0. The van der Waals surface area contributed by atoms with E-state index in [2.05, 4.69) is 0 Å². The number of carboxylic acids is 1. The van der Waals surface area contributed by atoms with Crippen molar-refractivity contribution in [2.24, 2.45) is 5.73 Å². The van der Waals surface area contributed by atoms with Gasteiger partial charge in [-0.1, -0.05) is 0 Å². The summed E-state index contributed by atoms with van der Waals surface area (Å²) in [4.78, 5) is 10.4. The summed E-state index contributed by atoms with van der Waals surface area (Å²) in [5, 5.41) is 15.3. The number of nitrogens with one attached hydrogen (secondary N) is 1. The third kappa shape index (κ3) is 1.68. The van der Waals surface area contributed by atoms with Crippen molar-refractivity contribution in [2.75, 3.05) is 0 Å². The van der Waals surface area contributed by atoms with Crippen molar-refractivity contribution in [1.82, 2.24) is 0 Å². The van der Waals surface area contributed by atoms with Gasteiger partial charge in [-0.25, -0.2) is 13.6 Å². The normalized spacial score (nSPS) is 9.86. The van der Waals surface area contributed by atoms with Gasteiger partial charge in [0.2, 0.25) is 0 Å². The molecule has 0 aliphatic carbocycles. The quantitative estimate of drug-likeness (QED) is 0.490. The molecule has 1 aromatic rings. The van der Waals surface area contributed by atoms with Crippen molar-refractivity contribution < 1.29 is 18.7 Å². The first-order valence-corrected chi connectivity index (χ1v) is 3.50. The Kier molecular flexibility index (Phi) is 2.46. The first kappa shape index (κ1) is 10.1. The van der Waals surface area contributed by atoms with Gasteiger partial charge in [-0.3, -0.25) is 5.41 Å². The Morgan fingerprint density at radius 3 is 2.07 bits per heavy atom. The SMILES string of the molecule is N=C(N)c1cc(F)c(C(=O)O)c(F)c1. The summed E-state index contributed by atoms with van der Waals surface area (Å²) in [6.45, 7) is 0. The number of aromatic carboxylic acids is 1. The Hall–Kier alpha value is -1.98. The minimum atomic E-state index is -1.70. The molecule has 4 N–H and O–H groups in total. The van der Waals surface area contributed by atoms with E-state index in [1.807, 2.05) is 0 Å². The van der Waals surface area contributed by atoms with Gasteiger partial charge in [0.25, 0.3) is 0 Å². The van der Waals surface area contributed by atoms with E-state index in [4.69, 9.17) is 16.2 Å². The molecule has 0 spiro atoms. The van der Waals surface area contributed by atoms with Crippen LogP contribution < -0.4 is 5.73 Å². The van der Waals surface area contributed by atoms with E-state index in [9.17, 15) is 13.6 Å². The molecule has 0 saturated carbocycles. The number of carbonyl (C=O) groups is 1. The number of nitrogen functional groups attached to an aromatic ring is 1. The maximum atomic E-state index is 12.9. The maximum Gasteiger partial charge on any atom is 0.341 e. The summed E-state index contributed by atoms with van der Waals surface area (Å²) in [5.41, 5.74) is 3.74. The molecule has 0 bridgehead atoms. The topological polar surface area (TPSA) is 87.2 Å². The van der Waals surface area contributed by atoms with Crippen molar-refractivity contribution in [3.8, 4) is 0 Å². The van der Waals surface area contributed by atoms with Crippen LogP contribution >= 0.6 is 0 Å². The zero-order chi connectivity index (χ0) is 10.9. The molecule has 0 aliphatic heterocycles. The van der Waals surface area contributed by atoms with Crippen LogP contribution in [0, 0.1) is 17.0 Å². The van der Waals surface area contributed by atoms with E-state index in [-0.39, 0.29) is 5.56 Å². The molecule has 6 heteroatoms. The van der Waals surface area contributed by atoms with Gasteiger partial charge in [-0.2, -0.15) is 0 Å². The number of carboxylic acid groups (broad SMARTS) is 1. The summed E-state index contributed by atoms with van der Waals surface area (Å²) in [6.07, 6.45) is 0. The Balaban J connectivity index is 3.39. The van der Waals surface area contributed by atoms with Crippen LogP contribution in [0.2, 0.25) is 0 Å². The highest BCUT2D eigenvalue weighted by Crippen LogP contribution is 2.15. The Labute approximate surface area is 77.5 Å². The third-order valence-corrected chi connectivity index (χ3v) is 1.57. The minimum Gasteiger partial charge on any atom is -0.477 e. The van der Waals surface area contributed by atoms with Crippen LogP contribution in [0.1, 0.15) is 15.9 Å². The number of amidine groups is 1. The number of nitrogens with two attached hydrogens (primary N) is 1. The van der Waals surface area contributed by atoms with Crippen LogP contribution in [0.15, 0.2) is 12.1 Å². The number of benzene rings is 1. The van der Waals surface area contributed by atoms with Crippen molar-refractivity contribution >= 4 is 11.8 Å². The van der Waals surface area contributed by atoms with Crippen molar-refractivity contribution in [3.63, 3.8) is 0 Å². The van der Waals surface area contributed by atoms with Crippen LogP contribution in [0.5, 0.6) is 0 Å². The van der Waals surface area contributed by atoms with E-state index < -0.39 is 29.0 Å². The molecule has 0 unspecified atom stereocenters. The monoisotopic (exact) mass is 200 g/mol. The predicted molar refractivity (Wildman–Crippen MR) is 44.3 cm³/mol. The highest BCUT2D eigenvalue weighted by molar-refractivity contribution is 5.96. The Morgan fingerprint density at radius 1 is 1.36 bits per heavy atom. The molecular formula is C8H6F2N2O2. The first-order valence-electron chi connectivity index (χ1n) is 3.50. The van der Waals surface area contributed by atoms with Crippen LogP contribution in [-0.4, -0.2) is 16.9 Å². The molecule has 0 saturated heterocycles. The van der Waals surface area contributed by atoms with Crippen molar-refractivity contribution in [1.29, 1.82) is 5.41 Å². The van der Waals surface area contributed by atoms with Crippen molar-refractivity contribution in [2.45, 2.75) is 0 Å². The molecule has 0 atom stereocenters. The van der Waals surface area contributed by atoms with Gasteiger partial charge >= 0.3 is 5.97 Å². The Morgan fingerprint density at radius 2 is 1.79 bits per heavy atom. The molecule has 4 nitrogen and oxygen atoms in total. The van der Waals surface area contributed by atoms with Crippen molar-refractivity contribution in [3.05, 3.63) is 34.9 Å². The van der Waals surface area contributed by atoms with Crippen LogP contribution in [0.25, 0.3) is 0 Å². The first-order chi connectivity index (χ1) is 6.43. The molecule has 0 amide bonds. The fourth-order valence-electron chi connectivity index (χ4n) is 0.933. The molecule has 1 aromatic carbocycles. The van der Waals surface area contributed by atoms with E-state index in [0.29, 0.717) is 12.1 Å². The van der Waals surface area contributed by atoms with E-state index in [1.165, 1.54) is 0 Å². The van der Waals surface area contributed by atoms with E-state index in [1.54, 1.807) is 0 Å². The summed E-state index contributed by atoms with van der Waals surface area (Å²) >= 11 is 0. The van der Waals surface area contributed by atoms with Crippen LogP contribution in [0.4, 0.5) is 8.78 Å². The standard InChI is InChI=1S/C8H6F2N2O2/c9-4-1-3(7(11)12)2-5(10)6(4)8(13)14/h1-2H,(H3,11,12)(H,13,14). The highest BCUT2D eigenvalue weighted by atomic mass is 19.1. The number of hydrogen-bond donors (Lipinski definition) is 3. The van der Waals surface area contributed by atoms with Gasteiger partial charge in [0.05, 0.1) is 0 Å². The average molecular weight is 200 g/mol. The maximum absolute atomic E-state index is 12.9. The number of halogens is 2. The lowest BCUT2D eigenvalue weighted by Crippen LogP contribution is -2.14. The summed E-state index contributed by atoms with van der Waals surface area (Å²) in [6, 6.07) is 1.41. The minimum absolute atomic E-state index is 0.190. The fraction of sp³-hybridized carbons (Fsp3) is 0. The summed E-state index contributed by atoms with van der Waals surface area (Å²) in [5.74, 6) is -4.72. The second-order valence-electron chi connectivity index (χ2n) is 2.53. The molecule has 1 rings (SSSR count). The molecule has 0 heterocycles. The lowest BCUT2D eigenvalue weighted by atomic mass is 10.1. The van der Waals surface area contributed by atoms with E-state index >= 15 is 0 Å². The summed E-state index contributed by atoms with van der Waals surface area (Å²) < 4.78 is 25.9. The molecular weight excluding hydrogens is 194 g/mol. The van der Waals surface area contributed by atoms with E-state index in [0.717, 1.165) is 0 Å². The van der Waals surface area contributed by atoms with Crippen LogP contribution in [0.3, 0.4) is 0 Å². The van der Waals surface area contributed by atoms with Gasteiger partial charge < -0.3 is 10.8 Å². The number of rotatable bonds is 2. The highest BCUT2D eigenvalue weighted by Gasteiger charge is 2.18. The molecule has 0 fully saturated rings. The zero-order valence-electron chi connectivity index (χ0n) is 6.84. The fourth-order valence-corrected chi connectivity index (χ4v) is 0.933. The zero-order valence-corrected chi connectivity index (χ0v) is 6.84. The average Bonchev–Trinajstić information content (AvgIpc) is 2.01. The van der Waals surface area contributed by atoms with Gasteiger partial charge in [0.1, 0.15) is 23.0 Å². The second kappa shape index (κ2) is 3.41. The van der Waals surface area contributed by atoms with Gasteiger partial charge in [-0.15, -0.1) is 0 Å². The molecule has 14 heavy (non-hydrogen) atoms.